The Morgan fingerprint density at radius 3 is 1.70 bits per heavy atom. The lowest BCUT2D eigenvalue weighted by molar-refractivity contribution is -0.121. The molecule has 0 bridgehead atoms. The van der Waals surface area contributed by atoms with E-state index in [-0.39, 0.29) is 57.0 Å². The molecule has 4 aliphatic rings. The largest absolute Gasteiger partial charge is 0.486 e. The summed E-state index contributed by atoms with van der Waals surface area (Å²) in [5.41, 5.74) is 2.20. The van der Waals surface area contributed by atoms with E-state index in [2.05, 4.69) is 34.6 Å². The quantitative estimate of drug-likeness (QED) is 0.0669. The third-order valence-electron chi connectivity index (χ3n) is 18.3. The minimum Gasteiger partial charge on any atom is -0.486 e. The van der Waals surface area contributed by atoms with E-state index in [0.717, 1.165) is 48.3 Å². The second-order valence-corrected chi connectivity index (χ2v) is 23.6. The zero-order valence-corrected chi connectivity index (χ0v) is 44.4. The number of hydrogen-bond donors (Lipinski definition) is 4. The highest BCUT2D eigenvalue weighted by Crippen LogP contribution is 2.69. The molecule has 0 spiro atoms. The number of aromatic carboxylic acids is 4. The van der Waals surface area contributed by atoms with Crippen LogP contribution in [-0.4, -0.2) is 44.3 Å². The van der Waals surface area contributed by atoms with Crippen molar-refractivity contribution in [3.05, 3.63) is 133 Å². The molecule has 0 unspecified atom stereocenters. The van der Waals surface area contributed by atoms with Gasteiger partial charge in [-0.05, 0) is 182 Å². The van der Waals surface area contributed by atoms with Crippen molar-refractivity contribution in [2.24, 2.45) is 58.2 Å². The van der Waals surface area contributed by atoms with E-state index in [1.807, 2.05) is 6.08 Å². The number of fused-ring (bicyclic) bond motifs is 5. The minimum absolute atomic E-state index is 0.00816. The number of carbonyl (C=O) groups is 4. The van der Waals surface area contributed by atoms with E-state index >= 15 is 0 Å². The minimum atomic E-state index is -1.33. The molecule has 8 rings (SSSR count). The van der Waals surface area contributed by atoms with Crippen LogP contribution in [0.5, 0.6) is 11.5 Å². The standard InChI is InChI=1S/C61H72Cl2O10/c1-35(2)12-10-13-36(3)49-22-23-50-46-21-20-42-28-37(24-26-60(42,4)51(46)25-27-61(49,50)5)14-11-19-43(40-29-47(58(68)69)54(52(62)31-40)72-33-38-15-6-8-17-44(38)56(64)65)41-30-48(59(70)71)55(53(63)32-41)73-34-39-16-7-9-18-45(39)57(66)67/h6-9,15-19,29-32,35-37,42,46,49-51H,10-14,20-28,33-34H2,1-5H3,(H,64,65)(H,66,67)(H,68,69)(H,70,71)/t36-,37+,42+,46+,49-,50+,51+,60+,61-/m1/s1. The van der Waals surface area contributed by atoms with Gasteiger partial charge in [-0.15, -0.1) is 0 Å². The van der Waals surface area contributed by atoms with Crippen LogP contribution < -0.4 is 9.47 Å². The number of halogens is 2. The van der Waals surface area contributed by atoms with Crippen molar-refractivity contribution < 1.29 is 49.1 Å². The maximum Gasteiger partial charge on any atom is 0.339 e. The Kier molecular flexibility index (Phi) is 16.7. The first-order valence-electron chi connectivity index (χ1n) is 26.5. The number of carboxylic acids is 4. The summed E-state index contributed by atoms with van der Waals surface area (Å²) in [5.74, 6) is 0.679. The van der Waals surface area contributed by atoms with E-state index in [0.29, 0.717) is 56.9 Å². The van der Waals surface area contributed by atoms with Crippen LogP contribution in [0.1, 0.15) is 188 Å². The van der Waals surface area contributed by atoms with Crippen molar-refractivity contribution in [1.29, 1.82) is 0 Å². The fourth-order valence-electron chi connectivity index (χ4n) is 14.6. The average molecular weight is 1040 g/mol. The highest BCUT2D eigenvalue weighted by Gasteiger charge is 2.60. The van der Waals surface area contributed by atoms with Gasteiger partial charge in [0.2, 0.25) is 0 Å². The van der Waals surface area contributed by atoms with E-state index in [4.69, 9.17) is 32.7 Å². The van der Waals surface area contributed by atoms with Crippen molar-refractivity contribution in [1.82, 2.24) is 0 Å². The molecule has 4 fully saturated rings. The SMILES string of the molecule is CC(C)CCC[C@@H](C)[C@H]1CC[C@H]2[C@@H]3CC[C@H]4C[C@@H](CCC=C(c5cc(Cl)c(OCc6ccccc6C(=O)O)c(C(=O)O)c5)c5cc(Cl)c(OCc6ccccc6C(=O)O)c(C(=O)O)c5)CC[C@]4(C)[C@H]3CC[C@]12C. The molecular weight excluding hydrogens is 964 g/mol. The van der Waals surface area contributed by atoms with Crippen molar-refractivity contribution in [2.45, 2.75) is 138 Å². The van der Waals surface area contributed by atoms with Crippen molar-refractivity contribution in [2.75, 3.05) is 0 Å². The van der Waals surface area contributed by atoms with Gasteiger partial charge in [-0.25, -0.2) is 19.2 Å². The van der Waals surface area contributed by atoms with Crippen LogP contribution >= 0.6 is 23.2 Å². The third kappa shape index (κ3) is 11.4. The number of hydrogen-bond acceptors (Lipinski definition) is 6. The van der Waals surface area contributed by atoms with E-state index < -0.39 is 23.9 Å². The lowest BCUT2D eigenvalue weighted by Gasteiger charge is -2.61. The molecule has 0 saturated heterocycles. The Balaban J connectivity index is 1.05. The second kappa shape index (κ2) is 22.7. The van der Waals surface area contributed by atoms with Gasteiger partial charge in [-0.3, -0.25) is 0 Å². The zero-order valence-electron chi connectivity index (χ0n) is 42.9. The van der Waals surface area contributed by atoms with E-state index in [1.54, 1.807) is 48.5 Å². The Bertz CT molecular complexity index is 2610. The first kappa shape index (κ1) is 54.0. The summed E-state index contributed by atoms with van der Waals surface area (Å²) in [5, 5.41) is 40.6. The van der Waals surface area contributed by atoms with Gasteiger partial charge < -0.3 is 29.9 Å². The third-order valence-corrected chi connectivity index (χ3v) is 18.9. The number of ether oxygens (including phenoxy) is 2. The second-order valence-electron chi connectivity index (χ2n) is 22.8. The van der Waals surface area contributed by atoms with Crippen LogP contribution in [0, 0.1) is 58.2 Å². The molecular formula is C61H72Cl2O10. The summed E-state index contributed by atoms with van der Waals surface area (Å²) in [7, 11) is 0. The first-order valence-corrected chi connectivity index (χ1v) is 27.3. The van der Waals surface area contributed by atoms with Crippen molar-refractivity contribution in [3.8, 4) is 11.5 Å². The van der Waals surface area contributed by atoms with Gasteiger partial charge in [0.1, 0.15) is 24.3 Å². The molecule has 9 atom stereocenters. The molecule has 4 saturated carbocycles. The monoisotopic (exact) mass is 1030 g/mol. The summed E-state index contributed by atoms with van der Waals surface area (Å²) in [6, 6.07) is 18.5. The molecule has 4 N–H and O–H groups in total. The van der Waals surface area contributed by atoms with Gasteiger partial charge in [0, 0.05) is 11.1 Å². The molecule has 4 aromatic rings. The van der Waals surface area contributed by atoms with Crippen LogP contribution in [0.2, 0.25) is 10.0 Å². The predicted molar refractivity (Wildman–Crippen MR) is 285 cm³/mol. The fourth-order valence-corrected chi connectivity index (χ4v) is 15.2. The molecule has 0 radical (unpaired) electrons. The Labute approximate surface area is 440 Å². The molecule has 0 aliphatic heterocycles. The Hall–Kier alpha value is -5.32. The molecule has 10 nitrogen and oxygen atoms in total. The van der Waals surface area contributed by atoms with Crippen LogP contribution in [-0.2, 0) is 13.2 Å². The summed E-state index contributed by atoms with van der Waals surface area (Å²) in [6.07, 6.45) is 19.1. The maximum atomic E-state index is 13.0. The summed E-state index contributed by atoms with van der Waals surface area (Å²) >= 11 is 13.8. The predicted octanol–water partition coefficient (Wildman–Crippen LogP) is 15.9. The number of benzene rings is 4. The average Bonchev–Trinajstić information content (AvgIpc) is 3.71. The lowest BCUT2D eigenvalue weighted by atomic mass is 9.44. The van der Waals surface area contributed by atoms with Gasteiger partial charge in [0.15, 0.2) is 11.5 Å². The molecule has 4 aliphatic carbocycles. The van der Waals surface area contributed by atoms with Crippen LogP contribution in [0.25, 0.3) is 5.57 Å². The van der Waals surface area contributed by atoms with Crippen molar-refractivity contribution in [3.63, 3.8) is 0 Å². The van der Waals surface area contributed by atoms with Gasteiger partial charge in [-0.1, -0.05) is 120 Å². The topological polar surface area (TPSA) is 168 Å². The Morgan fingerprint density at radius 2 is 1.16 bits per heavy atom. The maximum absolute atomic E-state index is 13.0. The highest BCUT2D eigenvalue weighted by atomic mass is 35.5. The van der Waals surface area contributed by atoms with Gasteiger partial charge in [-0.2, -0.15) is 0 Å². The zero-order chi connectivity index (χ0) is 52.4. The van der Waals surface area contributed by atoms with Crippen LogP contribution in [0.15, 0.2) is 78.9 Å². The summed E-state index contributed by atoms with van der Waals surface area (Å²) < 4.78 is 11.9. The number of carboxylic acid groups (broad SMARTS) is 4. The molecule has 390 valence electrons. The number of allylic oxidation sites excluding steroid dienone is 1. The van der Waals surface area contributed by atoms with Crippen LogP contribution in [0.3, 0.4) is 0 Å². The fraction of sp³-hybridized carbons (Fsp3) is 0.508. The highest BCUT2D eigenvalue weighted by molar-refractivity contribution is 6.33. The Morgan fingerprint density at radius 1 is 0.644 bits per heavy atom. The van der Waals surface area contributed by atoms with E-state index in [9.17, 15) is 39.6 Å². The molecule has 0 aromatic heterocycles. The molecule has 4 aromatic carbocycles. The van der Waals surface area contributed by atoms with Gasteiger partial charge in [0.25, 0.3) is 0 Å². The van der Waals surface area contributed by atoms with E-state index in [1.165, 1.54) is 94.9 Å². The van der Waals surface area contributed by atoms with Gasteiger partial charge in [0.05, 0.1) is 21.2 Å². The number of rotatable bonds is 20. The lowest BCUT2D eigenvalue weighted by Crippen LogP contribution is -2.53. The first-order chi connectivity index (χ1) is 34.8. The summed E-state index contributed by atoms with van der Waals surface area (Å²) in [4.78, 5) is 49.8. The molecule has 12 heteroatoms. The molecule has 73 heavy (non-hydrogen) atoms. The smallest absolute Gasteiger partial charge is 0.339 e. The van der Waals surface area contributed by atoms with Crippen molar-refractivity contribution >= 4 is 52.7 Å². The molecule has 0 amide bonds. The van der Waals surface area contributed by atoms with Crippen LogP contribution in [0.4, 0.5) is 0 Å². The van der Waals surface area contributed by atoms with Gasteiger partial charge >= 0.3 is 23.9 Å². The summed E-state index contributed by atoms with van der Waals surface area (Å²) in [6.45, 7) is 12.0. The normalized spacial score (nSPS) is 25.7. The molecule has 0 heterocycles.